The maximum Gasteiger partial charge on any atom is 0.0276 e. The van der Waals surface area contributed by atoms with Gasteiger partial charge in [0.05, 0.1) is 0 Å². The van der Waals surface area contributed by atoms with Gasteiger partial charge in [-0.15, -0.1) is 0 Å². The first-order valence-corrected chi connectivity index (χ1v) is 11.5. The van der Waals surface area contributed by atoms with E-state index in [1.54, 1.807) is 17.2 Å². The molecule has 0 spiro atoms. The van der Waals surface area contributed by atoms with Crippen LogP contribution in [0.3, 0.4) is 0 Å². The zero-order chi connectivity index (χ0) is 20.9. The van der Waals surface area contributed by atoms with Gasteiger partial charge in [-0.1, -0.05) is 86.9 Å². The first kappa shape index (κ1) is 25.0. The highest BCUT2D eigenvalue weighted by Crippen LogP contribution is 2.32. The fourth-order valence-electron chi connectivity index (χ4n) is 4.06. The maximum absolute atomic E-state index is 6.38. The first-order chi connectivity index (χ1) is 13.4. The Balaban J connectivity index is 2.68. The van der Waals surface area contributed by atoms with Crippen molar-refractivity contribution >= 4 is 11.6 Å². The van der Waals surface area contributed by atoms with E-state index in [0.29, 0.717) is 5.92 Å². The largest absolute Gasteiger partial charge is 0.312 e. The van der Waals surface area contributed by atoms with Crippen LogP contribution >= 0.6 is 11.6 Å². The van der Waals surface area contributed by atoms with Crippen LogP contribution in [-0.4, -0.2) is 13.1 Å². The molecule has 0 aromatic heterocycles. The Kier molecular flexibility index (Phi) is 12.5. The Morgan fingerprint density at radius 1 is 1.32 bits per heavy atom. The quantitative estimate of drug-likeness (QED) is 0.198. The summed E-state index contributed by atoms with van der Waals surface area (Å²) in [6, 6.07) is 0. The van der Waals surface area contributed by atoms with Crippen LogP contribution in [0.5, 0.6) is 0 Å². The number of halogens is 1. The minimum atomic E-state index is 0.149. The molecule has 1 N–H and O–H groups in total. The number of allylic oxidation sites excluding steroid dienone is 5. The molecule has 0 saturated heterocycles. The molecule has 2 atom stereocenters. The second kappa shape index (κ2) is 14.0. The van der Waals surface area contributed by atoms with Gasteiger partial charge in [0.15, 0.2) is 0 Å². The lowest BCUT2D eigenvalue weighted by atomic mass is 9.81. The van der Waals surface area contributed by atoms with Gasteiger partial charge in [0, 0.05) is 24.0 Å². The summed E-state index contributed by atoms with van der Waals surface area (Å²) in [5.74, 6) is 1.66. The highest BCUT2D eigenvalue weighted by atomic mass is 35.5. The molecule has 1 aliphatic rings. The van der Waals surface area contributed by atoms with E-state index in [4.69, 9.17) is 11.6 Å². The molecule has 0 amide bonds. The van der Waals surface area contributed by atoms with E-state index in [9.17, 15) is 0 Å². The molecule has 1 saturated carbocycles. The third kappa shape index (κ3) is 9.43. The van der Waals surface area contributed by atoms with Crippen molar-refractivity contribution in [2.24, 2.45) is 17.8 Å². The van der Waals surface area contributed by atoms with Gasteiger partial charge >= 0.3 is 0 Å². The monoisotopic (exact) mass is 403 g/mol. The van der Waals surface area contributed by atoms with Gasteiger partial charge in [-0.3, -0.25) is 0 Å². The standard InChI is InChI=1S/C26H42ClN/c1-7-11-26(27)25(21(5)6)19-28-17-16-22(18-20(3)4)14-15-24-13-10-9-12-23(24)8-2/h7,11,15-16,20,23,25,28H,1,5,8-10,12-14,17-19H2,2-4,6H3/b22-16-,24-15-,26-11+/t23-,25+/m0/s1. The van der Waals surface area contributed by atoms with Crippen molar-refractivity contribution in [1.29, 1.82) is 0 Å². The number of hydrogen-bond acceptors (Lipinski definition) is 1. The third-order valence-electron chi connectivity index (χ3n) is 5.67. The smallest absolute Gasteiger partial charge is 0.0276 e. The van der Waals surface area contributed by atoms with Gasteiger partial charge in [0.2, 0.25) is 0 Å². The van der Waals surface area contributed by atoms with Gasteiger partial charge in [-0.2, -0.15) is 0 Å². The molecular weight excluding hydrogens is 362 g/mol. The zero-order valence-corrected chi connectivity index (χ0v) is 19.5. The lowest BCUT2D eigenvalue weighted by molar-refractivity contribution is 0.441. The van der Waals surface area contributed by atoms with E-state index in [2.05, 4.69) is 51.4 Å². The summed E-state index contributed by atoms with van der Waals surface area (Å²) in [7, 11) is 0. The Hall–Kier alpha value is -1.05. The minimum absolute atomic E-state index is 0.149. The first-order valence-electron chi connectivity index (χ1n) is 11.1. The van der Waals surface area contributed by atoms with E-state index in [1.807, 2.05) is 13.0 Å². The molecule has 2 heteroatoms. The van der Waals surface area contributed by atoms with Crippen LogP contribution in [0.4, 0.5) is 0 Å². The van der Waals surface area contributed by atoms with Crippen LogP contribution in [0.25, 0.3) is 0 Å². The van der Waals surface area contributed by atoms with Gasteiger partial charge < -0.3 is 5.32 Å². The number of nitrogens with one attached hydrogen (secondary N) is 1. The summed E-state index contributed by atoms with van der Waals surface area (Å²) in [5.41, 5.74) is 4.34. The highest BCUT2D eigenvalue weighted by molar-refractivity contribution is 6.30. The molecule has 0 radical (unpaired) electrons. The van der Waals surface area contributed by atoms with E-state index in [0.717, 1.165) is 36.0 Å². The molecule has 0 bridgehead atoms. The van der Waals surface area contributed by atoms with E-state index in [-0.39, 0.29) is 5.92 Å². The van der Waals surface area contributed by atoms with Crippen LogP contribution in [0, 0.1) is 17.8 Å². The molecule has 0 aromatic carbocycles. The molecule has 28 heavy (non-hydrogen) atoms. The van der Waals surface area contributed by atoms with Crippen LogP contribution in [0.15, 0.2) is 59.2 Å². The summed E-state index contributed by atoms with van der Waals surface area (Å²) >= 11 is 6.38. The van der Waals surface area contributed by atoms with E-state index < -0.39 is 0 Å². The SMILES string of the molecule is C=C/C=C(/Cl)[C@H](CNC/C=C(/C/C=C1/CCCC[C@@H]1CC)CC(C)C)C(=C)C. The number of rotatable bonds is 12. The van der Waals surface area contributed by atoms with Gasteiger partial charge in [-0.25, -0.2) is 0 Å². The summed E-state index contributed by atoms with van der Waals surface area (Å²) in [5, 5.41) is 4.35. The molecule has 0 aliphatic heterocycles. The third-order valence-corrected chi connectivity index (χ3v) is 6.06. The van der Waals surface area contributed by atoms with E-state index >= 15 is 0 Å². The van der Waals surface area contributed by atoms with Crippen LogP contribution in [0.1, 0.15) is 72.6 Å². The molecule has 0 aromatic rings. The molecule has 0 unspecified atom stereocenters. The van der Waals surface area contributed by atoms with Gasteiger partial charge in [0.25, 0.3) is 0 Å². The van der Waals surface area contributed by atoms with Crippen LogP contribution in [0.2, 0.25) is 0 Å². The topological polar surface area (TPSA) is 12.0 Å². The van der Waals surface area contributed by atoms with Gasteiger partial charge in [0.1, 0.15) is 0 Å². The van der Waals surface area contributed by atoms with Gasteiger partial charge in [-0.05, 0) is 63.4 Å². The van der Waals surface area contributed by atoms with Crippen molar-refractivity contribution in [2.75, 3.05) is 13.1 Å². The zero-order valence-electron chi connectivity index (χ0n) is 18.7. The number of hydrogen-bond donors (Lipinski definition) is 1. The van der Waals surface area contributed by atoms with Crippen molar-refractivity contribution in [1.82, 2.24) is 5.32 Å². The maximum atomic E-state index is 6.38. The average Bonchev–Trinajstić information content (AvgIpc) is 2.65. The Morgan fingerprint density at radius 2 is 2.07 bits per heavy atom. The molecule has 1 rings (SSSR count). The summed E-state index contributed by atoms with van der Waals surface area (Å²) in [6.45, 7) is 18.5. The molecular formula is C26H42ClN. The predicted octanol–water partition coefficient (Wildman–Crippen LogP) is 7.97. The lowest BCUT2D eigenvalue weighted by Gasteiger charge is -2.24. The Bertz CT molecular complexity index is 579. The molecule has 1 aliphatic carbocycles. The minimum Gasteiger partial charge on any atom is -0.312 e. The van der Waals surface area contributed by atoms with Crippen molar-refractivity contribution < 1.29 is 0 Å². The van der Waals surface area contributed by atoms with Crippen LogP contribution < -0.4 is 5.32 Å². The second-order valence-corrected chi connectivity index (χ2v) is 9.08. The summed E-state index contributed by atoms with van der Waals surface area (Å²) in [6.07, 6.45) is 17.6. The van der Waals surface area contributed by atoms with Crippen molar-refractivity contribution in [3.63, 3.8) is 0 Å². The fraction of sp³-hybridized carbons (Fsp3) is 0.615. The highest BCUT2D eigenvalue weighted by Gasteiger charge is 2.17. The summed E-state index contributed by atoms with van der Waals surface area (Å²) in [4.78, 5) is 0. The molecule has 1 nitrogen and oxygen atoms in total. The average molecular weight is 404 g/mol. The second-order valence-electron chi connectivity index (χ2n) is 8.64. The fourth-order valence-corrected chi connectivity index (χ4v) is 4.41. The Morgan fingerprint density at radius 3 is 2.68 bits per heavy atom. The lowest BCUT2D eigenvalue weighted by Crippen LogP contribution is -2.24. The Labute approximate surface area is 179 Å². The van der Waals surface area contributed by atoms with Crippen molar-refractivity contribution in [3.8, 4) is 0 Å². The predicted molar refractivity (Wildman–Crippen MR) is 128 cm³/mol. The van der Waals surface area contributed by atoms with Crippen LogP contribution in [-0.2, 0) is 0 Å². The van der Waals surface area contributed by atoms with E-state index in [1.165, 1.54) is 38.5 Å². The normalized spacial score (nSPS) is 21.2. The molecule has 158 valence electrons. The van der Waals surface area contributed by atoms with Crippen molar-refractivity contribution in [2.45, 2.75) is 72.6 Å². The van der Waals surface area contributed by atoms with Crippen molar-refractivity contribution in [3.05, 3.63) is 59.2 Å². The molecule has 1 fully saturated rings. The summed E-state index contributed by atoms with van der Waals surface area (Å²) < 4.78 is 0. The molecule has 0 heterocycles.